The Balaban J connectivity index is 2.21. The highest BCUT2D eigenvalue weighted by atomic mass is 16.5. The van der Waals surface area contributed by atoms with Crippen LogP contribution in [0.15, 0.2) is 48.5 Å². The highest BCUT2D eigenvalue weighted by molar-refractivity contribution is 5.33. The van der Waals surface area contributed by atoms with Crippen LogP contribution in [-0.2, 0) is 0 Å². The zero-order valence-electron chi connectivity index (χ0n) is 12.1. The molecule has 0 amide bonds. The minimum absolute atomic E-state index is 0.413. The number of methoxy groups -OCH3 is 2. The fraction of sp³-hybridized carbons (Fsp3) is 0.250. The predicted molar refractivity (Wildman–Crippen MR) is 81.0 cm³/mol. The van der Waals surface area contributed by atoms with E-state index in [-0.39, 0.29) is 0 Å². The summed E-state index contributed by atoms with van der Waals surface area (Å²) in [6, 6.07) is 14.2. The maximum Gasteiger partial charge on any atom is 0.118 e. The molecule has 5 heteroatoms. The molecule has 2 rings (SSSR count). The van der Waals surface area contributed by atoms with E-state index < -0.39 is 12.1 Å². The molecule has 0 aliphatic heterocycles. The predicted octanol–water partition coefficient (Wildman–Crippen LogP) is 1.94. The molecule has 0 saturated carbocycles. The van der Waals surface area contributed by atoms with Crippen LogP contribution in [-0.4, -0.2) is 19.3 Å². The summed E-state index contributed by atoms with van der Waals surface area (Å²) in [5, 5.41) is 10.5. The van der Waals surface area contributed by atoms with Crippen molar-refractivity contribution in [3.05, 3.63) is 59.7 Å². The quantitative estimate of drug-likeness (QED) is 0.559. The van der Waals surface area contributed by atoms with Gasteiger partial charge in [-0.15, -0.1) is 0 Å². The molecule has 0 aromatic heterocycles. The van der Waals surface area contributed by atoms with Gasteiger partial charge in [0.25, 0.3) is 0 Å². The van der Waals surface area contributed by atoms with E-state index in [1.807, 2.05) is 36.4 Å². The minimum atomic E-state index is -0.769. The summed E-state index contributed by atoms with van der Waals surface area (Å²) in [6.07, 6.45) is -0.769. The Morgan fingerprint density at radius 3 is 1.67 bits per heavy atom. The van der Waals surface area contributed by atoms with E-state index in [9.17, 15) is 5.11 Å². The van der Waals surface area contributed by atoms with Gasteiger partial charge in [0.1, 0.15) is 11.5 Å². The van der Waals surface area contributed by atoms with E-state index in [0.29, 0.717) is 0 Å². The number of aliphatic hydroxyl groups excluding tert-OH is 1. The standard InChI is InChI=1S/C16H20N2O3/c1-20-13-7-3-11(4-8-13)15(18-17)16(19)12-5-9-14(21-2)10-6-12/h3-10,15-16,18-19H,17H2,1-2H3/t15-,16+/m0/s1. The van der Waals surface area contributed by atoms with Gasteiger partial charge in [0.2, 0.25) is 0 Å². The average Bonchev–Trinajstić information content (AvgIpc) is 2.56. The Bertz CT molecular complexity index is 555. The molecule has 5 nitrogen and oxygen atoms in total. The topological polar surface area (TPSA) is 76.7 Å². The first-order chi connectivity index (χ1) is 10.2. The van der Waals surface area contributed by atoms with Gasteiger partial charge in [-0.1, -0.05) is 24.3 Å². The molecule has 0 radical (unpaired) electrons. The van der Waals surface area contributed by atoms with E-state index in [0.717, 1.165) is 22.6 Å². The second kappa shape index (κ2) is 7.08. The third-order valence-corrected chi connectivity index (χ3v) is 3.43. The summed E-state index contributed by atoms with van der Waals surface area (Å²) in [6.45, 7) is 0. The molecule has 4 N–H and O–H groups in total. The van der Waals surface area contributed by atoms with Crippen LogP contribution in [0.5, 0.6) is 11.5 Å². The number of nitrogens with two attached hydrogens (primary N) is 1. The zero-order chi connectivity index (χ0) is 15.2. The lowest BCUT2D eigenvalue weighted by atomic mass is 9.96. The van der Waals surface area contributed by atoms with Crippen molar-refractivity contribution in [2.45, 2.75) is 12.1 Å². The lowest BCUT2D eigenvalue weighted by Gasteiger charge is -2.23. The number of hydrogen-bond donors (Lipinski definition) is 3. The summed E-state index contributed by atoms with van der Waals surface area (Å²) in [4.78, 5) is 0. The summed E-state index contributed by atoms with van der Waals surface area (Å²) in [5.74, 6) is 7.10. The Hall–Kier alpha value is -2.08. The highest BCUT2D eigenvalue weighted by Crippen LogP contribution is 2.30. The van der Waals surface area contributed by atoms with Gasteiger partial charge >= 0.3 is 0 Å². The molecule has 0 saturated heterocycles. The molecule has 0 spiro atoms. The fourth-order valence-corrected chi connectivity index (χ4v) is 2.17. The minimum Gasteiger partial charge on any atom is -0.497 e. The third-order valence-electron chi connectivity index (χ3n) is 3.43. The maximum atomic E-state index is 10.5. The van der Waals surface area contributed by atoms with Gasteiger partial charge in [-0.2, -0.15) is 0 Å². The van der Waals surface area contributed by atoms with Crippen molar-refractivity contribution in [3.8, 4) is 11.5 Å². The van der Waals surface area contributed by atoms with Gasteiger partial charge in [0, 0.05) is 0 Å². The largest absolute Gasteiger partial charge is 0.497 e. The Morgan fingerprint density at radius 1 is 0.857 bits per heavy atom. The summed E-state index contributed by atoms with van der Waals surface area (Å²) >= 11 is 0. The Labute approximate surface area is 124 Å². The molecule has 21 heavy (non-hydrogen) atoms. The first-order valence-corrected chi connectivity index (χ1v) is 6.61. The molecule has 2 atom stereocenters. The van der Waals surface area contributed by atoms with Gasteiger partial charge in [-0.05, 0) is 35.4 Å². The number of nitrogens with one attached hydrogen (secondary N) is 1. The molecule has 112 valence electrons. The molecule has 0 bridgehead atoms. The monoisotopic (exact) mass is 288 g/mol. The number of hydrazine groups is 1. The SMILES string of the molecule is COc1ccc([C@@H](O)[C@@H](NN)c2ccc(OC)cc2)cc1. The van der Waals surface area contributed by atoms with Crippen molar-refractivity contribution in [2.24, 2.45) is 5.84 Å². The molecule has 0 aliphatic rings. The van der Waals surface area contributed by atoms with Crippen molar-refractivity contribution in [1.82, 2.24) is 5.43 Å². The van der Waals surface area contributed by atoms with Crippen molar-refractivity contribution in [3.63, 3.8) is 0 Å². The van der Waals surface area contributed by atoms with Gasteiger partial charge in [0.15, 0.2) is 0 Å². The smallest absolute Gasteiger partial charge is 0.118 e. The number of hydrogen-bond acceptors (Lipinski definition) is 5. The molecule has 2 aromatic carbocycles. The van der Waals surface area contributed by atoms with Gasteiger partial charge in [-0.3, -0.25) is 11.3 Å². The highest BCUT2D eigenvalue weighted by Gasteiger charge is 2.21. The van der Waals surface area contributed by atoms with Crippen LogP contribution in [0.2, 0.25) is 0 Å². The number of aliphatic hydroxyl groups is 1. The Morgan fingerprint density at radius 2 is 1.29 bits per heavy atom. The maximum absolute atomic E-state index is 10.5. The fourth-order valence-electron chi connectivity index (χ4n) is 2.17. The summed E-state index contributed by atoms with van der Waals surface area (Å²) in [7, 11) is 3.22. The number of rotatable bonds is 6. The average molecular weight is 288 g/mol. The Kier molecular flexibility index (Phi) is 5.16. The van der Waals surface area contributed by atoms with Crippen molar-refractivity contribution < 1.29 is 14.6 Å². The van der Waals surface area contributed by atoms with E-state index >= 15 is 0 Å². The first-order valence-electron chi connectivity index (χ1n) is 6.61. The van der Waals surface area contributed by atoms with Crippen molar-refractivity contribution in [2.75, 3.05) is 14.2 Å². The van der Waals surface area contributed by atoms with E-state index in [2.05, 4.69) is 5.43 Å². The zero-order valence-corrected chi connectivity index (χ0v) is 12.1. The van der Waals surface area contributed by atoms with Crippen LogP contribution in [0.4, 0.5) is 0 Å². The van der Waals surface area contributed by atoms with Crippen molar-refractivity contribution >= 4 is 0 Å². The van der Waals surface area contributed by atoms with Crippen LogP contribution in [0, 0.1) is 0 Å². The number of benzene rings is 2. The first kappa shape index (κ1) is 15.3. The van der Waals surface area contributed by atoms with Crippen LogP contribution >= 0.6 is 0 Å². The van der Waals surface area contributed by atoms with Crippen LogP contribution < -0.4 is 20.7 Å². The van der Waals surface area contributed by atoms with Crippen molar-refractivity contribution in [1.29, 1.82) is 0 Å². The molecule has 0 aliphatic carbocycles. The van der Waals surface area contributed by atoms with E-state index in [1.165, 1.54) is 0 Å². The second-order valence-electron chi connectivity index (χ2n) is 4.64. The van der Waals surface area contributed by atoms with Crippen LogP contribution in [0.25, 0.3) is 0 Å². The molecule has 0 unspecified atom stereocenters. The van der Waals surface area contributed by atoms with Gasteiger partial charge in [-0.25, -0.2) is 0 Å². The molecular weight excluding hydrogens is 268 g/mol. The van der Waals surface area contributed by atoms with Gasteiger partial charge in [0.05, 0.1) is 26.4 Å². The molecule has 2 aromatic rings. The third kappa shape index (κ3) is 3.52. The number of ether oxygens (including phenoxy) is 2. The summed E-state index contributed by atoms with van der Waals surface area (Å²) in [5.41, 5.74) is 4.30. The molecule has 0 fully saturated rings. The molecule has 0 heterocycles. The lowest BCUT2D eigenvalue weighted by molar-refractivity contribution is 0.129. The van der Waals surface area contributed by atoms with Crippen LogP contribution in [0.1, 0.15) is 23.3 Å². The van der Waals surface area contributed by atoms with E-state index in [1.54, 1.807) is 26.4 Å². The summed E-state index contributed by atoms with van der Waals surface area (Å²) < 4.78 is 10.2. The van der Waals surface area contributed by atoms with E-state index in [4.69, 9.17) is 15.3 Å². The van der Waals surface area contributed by atoms with Crippen LogP contribution in [0.3, 0.4) is 0 Å². The molecular formula is C16H20N2O3. The van der Waals surface area contributed by atoms with Gasteiger partial charge < -0.3 is 14.6 Å². The lowest BCUT2D eigenvalue weighted by Crippen LogP contribution is -2.32. The second-order valence-corrected chi connectivity index (χ2v) is 4.64. The normalized spacial score (nSPS) is 13.5.